The second kappa shape index (κ2) is 8.63. The van der Waals surface area contributed by atoms with E-state index in [0.717, 1.165) is 36.4 Å². The summed E-state index contributed by atoms with van der Waals surface area (Å²) in [5, 5.41) is 0. The second-order valence-corrected chi connectivity index (χ2v) is 7.11. The highest BCUT2D eigenvalue weighted by atomic mass is 19.4. The molecule has 1 saturated heterocycles. The van der Waals surface area contributed by atoms with E-state index in [-0.39, 0.29) is 5.91 Å². The topological polar surface area (TPSA) is 36.4 Å². The van der Waals surface area contributed by atoms with Crippen LogP contribution in [-0.2, 0) is 17.4 Å². The number of benzene rings is 1. The van der Waals surface area contributed by atoms with Crippen LogP contribution in [0.25, 0.3) is 0 Å². The Labute approximate surface area is 163 Å². The molecule has 1 aliphatic rings. The van der Waals surface area contributed by atoms with Crippen LogP contribution in [0.3, 0.4) is 0 Å². The van der Waals surface area contributed by atoms with E-state index in [1.165, 1.54) is 12.1 Å². The number of aryl methyl sites for hydroxylation is 1. The number of amides is 1. The molecule has 0 N–H and O–H groups in total. The Morgan fingerprint density at radius 1 is 1.14 bits per heavy atom. The number of aromatic nitrogens is 1. The van der Waals surface area contributed by atoms with Gasteiger partial charge in [0.1, 0.15) is 5.82 Å². The molecule has 0 aliphatic carbocycles. The molecule has 0 bridgehead atoms. The van der Waals surface area contributed by atoms with Gasteiger partial charge in [0.2, 0.25) is 5.91 Å². The number of anilines is 1. The fourth-order valence-electron chi connectivity index (χ4n) is 3.52. The van der Waals surface area contributed by atoms with Crippen LogP contribution in [0.4, 0.5) is 19.0 Å². The molecule has 7 heteroatoms. The number of pyridine rings is 1. The van der Waals surface area contributed by atoms with Crippen molar-refractivity contribution in [2.75, 3.05) is 25.0 Å². The van der Waals surface area contributed by atoms with E-state index in [1.807, 2.05) is 30.1 Å². The number of halogens is 3. The SMILES string of the molecule is CN(c1ccccn1)C1CCN(C(=O)CCc2ccc(C(F)(F)F)cc2)CC1. The van der Waals surface area contributed by atoms with Gasteiger partial charge in [0.15, 0.2) is 0 Å². The number of hydrogen-bond acceptors (Lipinski definition) is 3. The quantitative estimate of drug-likeness (QED) is 0.768. The molecule has 0 atom stereocenters. The third-order valence-corrected chi connectivity index (χ3v) is 5.28. The number of likely N-dealkylation sites (tertiary alicyclic amines) is 1. The monoisotopic (exact) mass is 391 g/mol. The Hall–Kier alpha value is -2.57. The number of piperidine rings is 1. The number of carbonyl (C=O) groups is 1. The molecular weight excluding hydrogens is 367 g/mol. The van der Waals surface area contributed by atoms with Gasteiger partial charge in [0.25, 0.3) is 0 Å². The van der Waals surface area contributed by atoms with Crippen LogP contribution in [0.1, 0.15) is 30.4 Å². The van der Waals surface area contributed by atoms with Crippen molar-refractivity contribution < 1.29 is 18.0 Å². The lowest BCUT2D eigenvalue weighted by atomic mass is 10.0. The zero-order valence-electron chi connectivity index (χ0n) is 15.8. The number of hydrogen-bond donors (Lipinski definition) is 0. The van der Waals surface area contributed by atoms with Gasteiger partial charge in [-0.2, -0.15) is 13.2 Å². The summed E-state index contributed by atoms with van der Waals surface area (Å²) in [5.41, 5.74) is 0.0767. The van der Waals surface area contributed by atoms with Crippen molar-refractivity contribution in [2.24, 2.45) is 0 Å². The normalized spacial score (nSPS) is 15.5. The maximum absolute atomic E-state index is 12.6. The van der Waals surface area contributed by atoms with Gasteiger partial charge in [-0.05, 0) is 49.1 Å². The largest absolute Gasteiger partial charge is 0.416 e. The van der Waals surface area contributed by atoms with Crippen molar-refractivity contribution in [3.05, 3.63) is 59.8 Å². The van der Waals surface area contributed by atoms with Crippen LogP contribution in [0, 0.1) is 0 Å². The average molecular weight is 391 g/mol. The van der Waals surface area contributed by atoms with Crippen LogP contribution in [-0.4, -0.2) is 42.0 Å². The van der Waals surface area contributed by atoms with Gasteiger partial charge >= 0.3 is 6.18 Å². The first kappa shape index (κ1) is 20.2. The van der Waals surface area contributed by atoms with Crippen LogP contribution in [0.15, 0.2) is 48.7 Å². The predicted octanol–water partition coefficient (Wildman–Crippen LogP) is 4.16. The molecule has 28 heavy (non-hydrogen) atoms. The highest BCUT2D eigenvalue weighted by Crippen LogP contribution is 2.29. The average Bonchev–Trinajstić information content (AvgIpc) is 2.72. The molecule has 0 radical (unpaired) electrons. The van der Waals surface area contributed by atoms with E-state index in [1.54, 1.807) is 6.20 Å². The molecule has 1 fully saturated rings. The molecule has 1 aliphatic heterocycles. The summed E-state index contributed by atoms with van der Waals surface area (Å²) in [6, 6.07) is 11.2. The van der Waals surface area contributed by atoms with E-state index >= 15 is 0 Å². The summed E-state index contributed by atoms with van der Waals surface area (Å²) in [5.74, 6) is 0.980. The first-order valence-electron chi connectivity index (χ1n) is 9.42. The van der Waals surface area contributed by atoms with Crippen LogP contribution < -0.4 is 4.90 Å². The fourth-order valence-corrected chi connectivity index (χ4v) is 3.52. The Morgan fingerprint density at radius 3 is 2.39 bits per heavy atom. The van der Waals surface area contributed by atoms with Crippen LogP contribution >= 0.6 is 0 Å². The van der Waals surface area contributed by atoms with E-state index in [0.29, 0.717) is 32.0 Å². The van der Waals surface area contributed by atoms with Gasteiger partial charge < -0.3 is 9.80 Å². The third kappa shape index (κ3) is 5.03. The van der Waals surface area contributed by atoms with E-state index < -0.39 is 11.7 Å². The first-order chi connectivity index (χ1) is 13.3. The number of nitrogens with zero attached hydrogens (tertiary/aromatic N) is 3. The zero-order chi connectivity index (χ0) is 20.1. The Balaban J connectivity index is 1.46. The van der Waals surface area contributed by atoms with Crippen molar-refractivity contribution in [1.82, 2.24) is 9.88 Å². The van der Waals surface area contributed by atoms with Gasteiger partial charge in [-0.25, -0.2) is 4.98 Å². The third-order valence-electron chi connectivity index (χ3n) is 5.28. The molecule has 1 aromatic carbocycles. The minimum absolute atomic E-state index is 0.0545. The Kier molecular flexibility index (Phi) is 6.21. The number of alkyl halides is 3. The maximum Gasteiger partial charge on any atom is 0.416 e. The lowest BCUT2D eigenvalue weighted by Crippen LogP contribution is -2.45. The summed E-state index contributed by atoms with van der Waals surface area (Å²) >= 11 is 0. The van der Waals surface area contributed by atoms with Crippen molar-refractivity contribution in [3.63, 3.8) is 0 Å². The summed E-state index contributed by atoms with van der Waals surface area (Å²) in [7, 11) is 2.02. The lowest BCUT2D eigenvalue weighted by molar-refractivity contribution is -0.137. The minimum Gasteiger partial charge on any atom is -0.357 e. The van der Waals surface area contributed by atoms with E-state index in [9.17, 15) is 18.0 Å². The molecular formula is C21H24F3N3O. The molecule has 0 unspecified atom stereocenters. The summed E-state index contributed by atoms with van der Waals surface area (Å²) < 4.78 is 37.8. The first-order valence-corrected chi connectivity index (χ1v) is 9.42. The van der Waals surface area contributed by atoms with Crippen molar-refractivity contribution in [1.29, 1.82) is 0 Å². The van der Waals surface area contributed by atoms with E-state index in [4.69, 9.17) is 0 Å². The molecule has 0 spiro atoms. The van der Waals surface area contributed by atoms with Crippen LogP contribution in [0.5, 0.6) is 0 Å². The smallest absolute Gasteiger partial charge is 0.357 e. The standard InChI is InChI=1S/C21H24F3N3O/c1-26(19-4-2-3-13-25-19)18-11-14-27(15-12-18)20(28)10-7-16-5-8-17(9-6-16)21(22,23)24/h2-6,8-9,13,18H,7,10-12,14-15H2,1H3. The van der Waals surface area contributed by atoms with Gasteiger partial charge in [0, 0.05) is 38.8 Å². The minimum atomic E-state index is -4.33. The van der Waals surface area contributed by atoms with Crippen LogP contribution in [0.2, 0.25) is 0 Å². The number of carbonyl (C=O) groups excluding carboxylic acids is 1. The Bertz CT molecular complexity index is 770. The van der Waals surface area contributed by atoms with Crippen molar-refractivity contribution in [3.8, 4) is 0 Å². The molecule has 150 valence electrons. The number of rotatable bonds is 5. The fraction of sp³-hybridized carbons (Fsp3) is 0.429. The predicted molar refractivity (Wildman–Crippen MR) is 102 cm³/mol. The lowest BCUT2D eigenvalue weighted by Gasteiger charge is -2.37. The van der Waals surface area contributed by atoms with Gasteiger partial charge in [-0.1, -0.05) is 18.2 Å². The highest BCUT2D eigenvalue weighted by Gasteiger charge is 2.30. The molecule has 1 aromatic heterocycles. The summed E-state index contributed by atoms with van der Waals surface area (Å²) in [6.45, 7) is 1.38. The highest BCUT2D eigenvalue weighted by molar-refractivity contribution is 5.76. The van der Waals surface area contributed by atoms with Crippen molar-refractivity contribution in [2.45, 2.75) is 37.9 Å². The molecule has 2 aromatic rings. The van der Waals surface area contributed by atoms with Gasteiger partial charge in [-0.3, -0.25) is 4.79 Å². The van der Waals surface area contributed by atoms with Gasteiger partial charge in [-0.15, -0.1) is 0 Å². The second-order valence-electron chi connectivity index (χ2n) is 7.11. The molecule has 4 nitrogen and oxygen atoms in total. The summed E-state index contributed by atoms with van der Waals surface area (Å²) in [6.07, 6.45) is -0.0537. The Morgan fingerprint density at radius 2 is 1.82 bits per heavy atom. The zero-order valence-corrected chi connectivity index (χ0v) is 15.8. The van der Waals surface area contributed by atoms with Gasteiger partial charge in [0.05, 0.1) is 5.56 Å². The molecule has 0 saturated carbocycles. The molecule has 3 rings (SSSR count). The van der Waals surface area contributed by atoms with E-state index in [2.05, 4.69) is 9.88 Å². The van der Waals surface area contributed by atoms with Crippen molar-refractivity contribution >= 4 is 11.7 Å². The maximum atomic E-state index is 12.6. The molecule has 1 amide bonds. The summed E-state index contributed by atoms with van der Waals surface area (Å²) in [4.78, 5) is 20.8. The molecule has 2 heterocycles.